The first-order valence-electron chi connectivity index (χ1n) is 17.8. The highest BCUT2D eigenvalue weighted by Gasteiger charge is 2.38. The van der Waals surface area contributed by atoms with E-state index in [4.69, 9.17) is 4.74 Å². The van der Waals surface area contributed by atoms with E-state index in [-0.39, 0.29) is 29.9 Å². The zero-order valence-electron chi connectivity index (χ0n) is 29.5. The Morgan fingerprint density at radius 1 is 0.846 bits per heavy atom. The van der Waals surface area contributed by atoms with Crippen LogP contribution in [0.15, 0.2) is 85.1 Å². The second-order valence-electron chi connectivity index (χ2n) is 13.7. The van der Waals surface area contributed by atoms with Crippen molar-refractivity contribution in [2.24, 2.45) is 0 Å². The van der Waals surface area contributed by atoms with Gasteiger partial charge in [0.25, 0.3) is 5.91 Å². The average Bonchev–Trinajstić information content (AvgIpc) is 3.96. The second kappa shape index (κ2) is 14.7. The van der Waals surface area contributed by atoms with Gasteiger partial charge in [-0.1, -0.05) is 54.6 Å². The lowest BCUT2D eigenvalue weighted by molar-refractivity contribution is -0.138. The molecule has 7 rings (SSSR count). The van der Waals surface area contributed by atoms with Crippen LogP contribution in [0.5, 0.6) is 0 Å². The molecular weight excluding hydrogens is 658 g/mol. The molecule has 1 unspecified atom stereocenters. The maximum absolute atomic E-state index is 13.9. The second-order valence-corrected chi connectivity index (χ2v) is 13.7. The van der Waals surface area contributed by atoms with E-state index in [1.807, 2.05) is 65.7 Å². The number of H-pyrrole nitrogens is 2. The molecule has 2 aliphatic heterocycles. The van der Waals surface area contributed by atoms with E-state index in [0.29, 0.717) is 30.6 Å². The Labute approximate surface area is 301 Å². The maximum Gasteiger partial charge on any atom is 0.408 e. The number of ether oxygens (including phenoxy) is 1. The maximum atomic E-state index is 13.9. The molecule has 52 heavy (non-hydrogen) atoms. The fourth-order valence-corrected chi connectivity index (χ4v) is 7.27. The van der Waals surface area contributed by atoms with Crippen molar-refractivity contribution >= 4 is 40.4 Å². The predicted octanol–water partition coefficient (Wildman–Crippen LogP) is 6.71. The van der Waals surface area contributed by atoms with E-state index in [2.05, 4.69) is 25.6 Å². The van der Waals surface area contributed by atoms with Gasteiger partial charge in [-0.25, -0.2) is 9.78 Å². The number of carbonyl (C=O) groups excluding carboxylic acids is 4. The fraction of sp³-hybridized carbons (Fsp3) is 0.325. The summed E-state index contributed by atoms with van der Waals surface area (Å²) in [5, 5.41) is 6.66. The molecule has 0 aliphatic carbocycles. The highest BCUT2D eigenvalue weighted by Crippen LogP contribution is 2.33. The first-order valence-corrected chi connectivity index (χ1v) is 17.8. The molecule has 4 N–H and O–H groups in total. The Kier molecular flexibility index (Phi) is 9.80. The van der Waals surface area contributed by atoms with Crippen LogP contribution in [0.2, 0.25) is 0 Å². The van der Waals surface area contributed by atoms with Crippen molar-refractivity contribution in [1.29, 1.82) is 0 Å². The Morgan fingerprint density at radius 3 is 2.29 bits per heavy atom. The fourth-order valence-electron chi connectivity index (χ4n) is 7.27. The molecule has 3 aromatic carbocycles. The summed E-state index contributed by atoms with van der Waals surface area (Å²) in [6.07, 6.45) is 3.84. The number of nitrogens with zero attached hydrogens (tertiary/aromatic N) is 3. The van der Waals surface area contributed by atoms with Crippen LogP contribution in [0.3, 0.4) is 0 Å². The minimum absolute atomic E-state index is 0.0117. The number of rotatable bonds is 9. The van der Waals surface area contributed by atoms with Gasteiger partial charge in [0.05, 0.1) is 24.0 Å². The van der Waals surface area contributed by atoms with Gasteiger partial charge in [-0.05, 0) is 80.5 Å². The topological polar surface area (TPSA) is 153 Å². The van der Waals surface area contributed by atoms with Gasteiger partial charge in [-0.15, -0.1) is 0 Å². The van der Waals surface area contributed by atoms with E-state index in [1.165, 1.54) is 0 Å². The van der Waals surface area contributed by atoms with Gasteiger partial charge in [0, 0.05) is 42.3 Å². The molecular formula is C40H43N7O5. The minimum Gasteiger partial charge on any atom is -0.447 e. The number of amides is 4. The summed E-state index contributed by atoms with van der Waals surface area (Å²) in [7, 11) is 0. The number of carbonyl (C=O) groups is 4. The zero-order valence-corrected chi connectivity index (χ0v) is 29.5. The smallest absolute Gasteiger partial charge is 0.408 e. The average molecular weight is 702 g/mol. The Hall–Kier alpha value is -5.91. The summed E-state index contributed by atoms with van der Waals surface area (Å²) < 4.78 is 5.27. The van der Waals surface area contributed by atoms with Crippen molar-refractivity contribution in [1.82, 2.24) is 30.1 Å². The first-order chi connectivity index (χ1) is 25.1. The molecule has 0 bridgehead atoms. The number of hydrogen-bond donors (Lipinski definition) is 4. The molecule has 12 heteroatoms. The molecule has 0 spiro atoms. The number of aromatic amines is 2. The molecule has 5 aromatic rings. The van der Waals surface area contributed by atoms with Crippen molar-refractivity contribution in [2.45, 2.75) is 70.7 Å². The quantitative estimate of drug-likeness (QED) is 0.134. The van der Waals surface area contributed by atoms with E-state index in [1.54, 1.807) is 49.9 Å². The normalized spacial score (nSPS) is 17.8. The predicted molar refractivity (Wildman–Crippen MR) is 198 cm³/mol. The number of benzene rings is 3. The summed E-state index contributed by atoms with van der Waals surface area (Å²) in [4.78, 5) is 67.1. The SMILES string of the molecule is CC(=O)N1CCC[C@H]1c1ncc(-c2ccc(-c3cc4cc(NC(=O)[C@@H]5CCCN5C(=O)C(NC(=O)OC(C)C)c5ccccc5)ccc4[nH]3)cc2)[nH]1. The summed E-state index contributed by atoms with van der Waals surface area (Å²) >= 11 is 0. The van der Waals surface area contributed by atoms with Gasteiger partial charge < -0.3 is 35.1 Å². The van der Waals surface area contributed by atoms with E-state index < -0.39 is 18.2 Å². The monoisotopic (exact) mass is 701 g/mol. The van der Waals surface area contributed by atoms with Crippen molar-refractivity contribution in [3.8, 4) is 22.5 Å². The summed E-state index contributed by atoms with van der Waals surface area (Å²) in [5.74, 6) is 0.244. The number of hydrogen-bond acceptors (Lipinski definition) is 6. The molecule has 4 heterocycles. The van der Waals surface area contributed by atoms with E-state index in [0.717, 1.165) is 58.6 Å². The number of alkyl carbamates (subject to hydrolysis) is 1. The molecule has 2 aliphatic rings. The number of aromatic nitrogens is 3. The van der Waals surface area contributed by atoms with E-state index >= 15 is 0 Å². The van der Waals surface area contributed by atoms with Crippen LogP contribution >= 0.6 is 0 Å². The first kappa shape index (κ1) is 34.5. The van der Waals surface area contributed by atoms with Crippen LogP contribution in [-0.4, -0.2) is 73.8 Å². The van der Waals surface area contributed by atoms with Crippen molar-refractivity contribution in [2.75, 3.05) is 18.4 Å². The van der Waals surface area contributed by atoms with Crippen LogP contribution in [0, 0.1) is 0 Å². The minimum atomic E-state index is -0.989. The summed E-state index contributed by atoms with van der Waals surface area (Å²) in [6, 6.07) is 23.2. The van der Waals surface area contributed by atoms with Crippen LogP contribution in [0.25, 0.3) is 33.4 Å². The summed E-state index contributed by atoms with van der Waals surface area (Å²) in [6.45, 7) is 6.25. The highest BCUT2D eigenvalue weighted by molar-refractivity contribution is 6.00. The Balaban J connectivity index is 1.03. The van der Waals surface area contributed by atoms with Crippen LogP contribution in [-0.2, 0) is 19.1 Å². The summed E-state index contributed by atoms with van der Waals surface area (Å²) in [5.41, 5.74) is 5.98. The van der Waals surface area contributed by atoms with Gasteiger partial charge in [-0.2, -0.15) is 0 Å². The molecule has 3 atom stereocenters. The van der Waals surface area contributed by atoms with Crippen molar-refractivity contribution in [3.05, 3.63) is 96.4 Å². The molecule has 2 saturated heterocycles. The van der Waals surface area contributed by atoms with Crippen LogP contribution < -0.4 is 10.6 Å². The third kappa shape index (κ3) is 7.27. The number of imidazole rings is 1. The van der Waals surface area contributed by atoms with Gasteiger partial charge >= 0.3 is 6.09 Å². The van der Waals surface area contributed by atoms with Gasteiger partial charge in [0.2, 0.25) is 11.8 Å². The molecule has 12 nitrogen and oxygen atoms in total. The van der Waals surface area contributed by atoms with Crippen molar-refractivity contribution in [3.63, 3.8) is 0 Å². The molecule has 2 fully saturated rings. The number of likely N-dealkylation sites (tertiary alicyclic amines) is 2. The lowest BCUT2D eigenvalue weighted by Gasteiger charge is -2.29. The molecule has 2 aromatic heterocycles. The van der Waals surface area contributed by atoms with E-state index in [9.17, 15) is 19.2 Å². The van der Waals surface area contributed by atoms with Gasteiger partial charge in [0.15, 0.2) is 0 Å². The van der Waals surface area contributed by atoms with Gasteiger partial charge in [-0.3, -0.25) is 14.4 Å². The van der Waals surface area contributed by atoms with Crippen LogP contribution in [0.1, 0.15) is 69.9 Å². The lowest BCUT2D eigenvalue weighted by Crippen LogP contribution is -2.48. The third-order valence-corrected chi connectivity index (χ3v) is 9.79. The number of fused-ring (bicyclic) bond motifs is 1. The molecule has 4 amide bonds. The molecule has 268 valence electrons. The Bertz CT molecular complexity index is 2090. The lowest BCUT2D eigenvalue weighted by atomic mass is 10.0. The molecule has 0 radical (unpaired) electrons. The van der Waals surface area contributed by atoms with Crippen molar-refractivity contribution < 1.29 is 23.9 Å². The highest BCUT2D eigenvalue weighted by atomic mass is 16.6. The zero-order chi connectivity index (χ0) is 36.4. The van der Waals surface area contributed by atoms with Gasteiger partial charge in [0.1, 0.15) is 17.9 Å². The van der Waals surface area contributed by atoms with Crippen LogP contribution in [0.4, 0.5) is 10.5 Å². The largest absolute Gasteiger partial charge is 0.447 e. The third-order valence-electron chi connectivity index (χ3n) is 9.79. The molecule has 0 saturated carbocycles. The number of nitrogens with one attached hydrogen (secondary N) is 4. The number of anilines is 1. The Morgan fingerprint density at radius 2 is 1.56 bits per heavy atom. The standard InChI is InChI=1S/C40H43N7O5/c1-24(2)52-40(51)45-36(28-9-5-4-6-10-28)39(50)47-20-8-12-35(47)38(49)42-30-17-18-31-29(21-30)22-32(43-31)26-13-15-27(16-14-26)33-23-41-37(44-33)34-11-7-19-46(34)25(3)48/h4-6,9-10,13-18,21-24,34-36,43H,7-8,11-12,19-20H2,1-3H3,(H,41,44)(H,42,49)(H,45,51)/t34-,35-,36?/m0/s1.